The largest absolute Gasteiger partial charge is 0.276 e. The minimum atomic E-state index is -3.79. The van der Waals surface area contributed by atoms with Crippen LogP contribution in [0.5, 0.6) is 0 Å². The number of hydrogen-bond donors (Lipinski definition) is 1. The van der Waals surface area contributed by atoms with Crippen molar-refractivity contribution in [1.82, 2.24) is 9.78 Å². The van der Waals surface area contributed by atoms with Crippen LogP contribution in [0.25, 0.3) is 0 Å². The Labute approximate surface area is 156 Å². The van der Waals surface area contributed by atoms with Crippen LogP contribution in [-0.2, 0) is 16.6 Å². The minimum Gasteiger partial charge on any atom is -0.276 e. The van der Waals surface area contributed by atoms with E-state index in [-0.39, 0.29) is 17.3 Å². The number of aromatic nitrogens is 2. The van der Waals surface area contributed by atoms with E-state index in [0.717, 1.165) is 0 Å². The second-order valence-corrected chi connectivity index (χ2v) is 8.05. The van der Waals surface area contributed by atoms with Gasteiger partial charge >= 0.3 is 0 Å². The monoisotopic (exact) mass is 393 g/mol. The highest BCUT2D eigenvalue weighted by molar-refractivity contribution is 7.92. The highest BCUT2D eigenvalue weighted by atomic mass is 35.5. The van der Waals surface area contributed by atoms with Gasteiger partial charge in [0.05, 0.1) is 23.3 Å². The maximum Gasteiger partial charge on any atom is 0.262 e. The zero-order valence-electron chi connectivity index (χ0n) is 14.2. The van der Waals surface area contributed by atoms with Gasteiger partial charge in [-0.2, -0.15) is 5.10 Å². The number of nitrogens with zero attached hydrogens (tertiary/aromatic N) is 2. The summed E-state index contributed by atoms with van der Waals surface area (Å²) in [6.45, 7) is 3.63. The average molecular weight is 394 g/mol. The van der Waals surface area contributed by atoms with E-state index in [1.807, 2.05) is 0 Å². The summed E-state index contributed by atoms with van der Waals surface area (Å²) in [5.74, 6) is -0.336. The zero-order chi connectivity index (χ0) is 18.9. The molecule has 0 atom stereocenters. The van der Waals surface area contributed by atoms with E-state index in [4.69, 9.17) is 11.6 Å². The molecule has 0 aliphatic rings. The molecular formula is C18H17ClFN3O2S. The second-order valence-electron chi connectivity index (χ2n) is 5.99. The molecule has 0 spiro atoms. The van der Waals surface area contributed by atoms with Gasteiger partial charge in [-0.1, -0.05) is 29.8 Å². The van der Waals surface area contributed by atoms with Crippen molar-refractivity contribution >= 4 is 27.3 Å². The zero-order valence-corrected chi connectivity index (χ0v) is 15.8. The Morgan fingerprint density at radius 3 is 2.65 bits per heavy atom. The molecule has 0 fully saturated rings. The van der Waals surface area contributed by atoms with E-state index in [9.17, 15) is 12.8 Å². The smallest absolute Gasteiger partial charge is 0.262 e. The first kappa shape index (κ1) is 18.4. The predicted octanol–water partition coefficient (Wildman–Crippen LogP) is 4.14. The first-order valence-electron chi connectivity index (χ1n) is 7.82. The van der Waals surface area contributed by atoms with Crippen LogP contribution in [-0.4, -0.2) is 18.2 Å². The molecule has 8 heteroatoms. The molecule has 0 aliphatic carbocycles. The summed E-state index contributed by atoms with van der Waals surface area (Å²) < 4.78 is 43.0. The Bertz CT molecular complexity index is 1060. The lowest BCUT2D eigenvalue weighted by molar-refractivity contribution is 0.585. The van der Waals surface area contributed by atoms with Crippen LogP contribution in [0.4, 0.5) is 10.1 Å². The molecule has 3 aromatic rings. The van der Waals surface area contributed by atoms with Gasteiger partial charge in [-0.25, -0.2) is 12.8 Å². The van der Waals surface area contributed by atoms with Gasteiger partial charge in [0.15, 0.2) is 0 Å². The van der Waals surface area contributed by atoms with Crippen molar-refractivity contribution in [3.63, 3.8) is 0 Å². The number of aryl methyl sites for hydroxylation is 2. The maximum atomic E-state index is 13.7. The molecule has 0 bridgehead atoms. The fourth-order valence-electron chi connectivity index (χ4n) is 2.56. The van der Waals surface area contributed by atoms with Crippen molar-refractivity contribution in [3.05, 3.63) is 76.3 Å². The number of anilines is 1. The number of benzene rings is 2. The van der Waals surface area contributed by atoms with Gasteiger partial charge in [0, 0.05) is 16.8 Å². The Kier molecular flexibility index (Phi) is 5.02. The van der Waals surface area contributed by atoms with Crippen LogP contribution in [0.3, 0.4) is 0 Å². The number of halogens is 2. The Morgan fingerprint density at radius 1 is 1.19 bits per heavy atom. The van der Waals surface area contributed by atoms with Gasteiger partial charge in [0.1, 0.15) is 5.82 Å². The molecule has 0 radical (unpaired) electrons. The van der Waals surface area contributed by atoms with Crippen molar-refractivity contribution in [2.24, 2.45) is 0 Å². The highest BCUT2D eigenvalue weighted by Crippen LogP contribution is 2.25. The van der Waals surface area contributed by atoms with Gasteiger partial charge in [-0.3, -0.25) is 9.40 Å². The van der Waals surface area contributed by atoms with Crippen molar-refractivity contribution in [2.75, 3.05) is 4.72 Å². The third-order valence-electron chi connectivity index (χ3n) is 3.92. The van der Waals surface area contributed by atoms with Gasteiger partial charge in [0.2, 0.25) is 0 Å². The molecule has 0 amide bonds. The van der Waals surface area contributed by atoms with Gasteiger partial charge in [0.25, 0.3) is 10.0 Å². The summed E-state index contributed by atoms with van der Waals surface area (Å²) in [6.07, 6.45) is 2.90. The van der Waals surface area contributed by atoms with Gasteiger partial charge < -0.3 is 0 Å². The van der Waals surface area contributed by atoms with E-state index in [1.165, 1.54) is 29.2 Å². The molecule has 0 aliphatic heterocycles. The lowest BCUT2D eigenvalue weighted by Crippen LogP contribution is -2.14. The van der Waals surface area contributed by atoms with Crippen LogP contribution in [0, 0.1) is 19.7 Å². The van der Waals surface area contributed by atoms with Crippen LogP contribution in [0.15, 0.2) is 53.7 Å². The molecule has 26 heavy (non-hydrogen) atoms. The lowest BCUT2D eigenvalue weighted by atomic mass is 10.2. The molecule has 0 unspecified atom stereocenters. The number of sulfonamides is 1. The van der Waals surface area contributed by atoms with E-state index in [2.05, 4.69) is 9.82 Å². The Hall–Kier alpha value is -2.38. The molecule has 3 rings (SSSR count). The van der Waals surface area contributed by atoms with Crippen LogP contribution < -0.4 is 4.72 Å². The summed E-state index contributed by atoms with van der Waals surface area (Å²) in [7, 11) is -3.79. The van der Waals surface area contributed by atoms with E-state index in [0.29, 0.717) is 27.4 Å². The normalized spacial score (nSPS) is 11.5. The van der Waals surface area contributed by atoms with Crippen molar-refractivity contribution in [2.45, 2.75) is 25.3 Å². The summed E-state index contributed by atoms with van der Waals surface area (Å²) in [6, 6.07) is 9.51. The van der Waals surface area contributed by atoms with E-state index in [1.54, 1.807) is 38.1 Å². The Balaban J connectivity index is 1.82. The standard InChI is InChI=1S/C18H17ClFN3O2S/c1-12-8-18(13(2)7-16(12)19)26(24,25)22-15-9-21-23(11-15)10-14-5-3-4-6-17(14)20/h3-9,11,22H,10H2,1-2H3. The van der Waals surface area contributed by atoms with Crippen LogP contribution in [0.1, 0.15) is 16.7 Å². The fraction of sp³-hybridized carbons (Fsp3) is 0.167. The molecular weight excluding hydrogens is 377 g/mol. The quantitative estimate of drug-likeness (QED) is 0.708. The molecule has 136 valence electrons. The molecule has 0 saturated heterocycles. The number of nitrogens with one attached hydrogen (secondary N) is 1. The predicted molar refractivity (Wildman–Crippen MR) is 99.5 cm³/mol. The summed E-state index contributed by atoms with van der Waals surface area (Å²) in [5.41, 5.74) is 1.99. The minimum absolute atomic E-state index is 0.154. The molecule has 1 heterocycles. The highest BCUT2D eigenvalue weighted by Gasteiger charge is 2.19. The Morgan fingerprint density at radius 2 is 1.92 bits per heavy atom. The first-order valence-corrected chi connectivity index (χ1v) is 9.68. The molecule has 0 saturated carbocycles. The van der Waals surface area contributed by atoms with Crippen LogP contribution in [0.2, 0.25) is 5.02 Å². The summed E-state index contributed by atoms with van der Waals surface area (Å²) >= 11 is 6.03. The molecule has 1 aromatic heterocycles. The molecule has 1 N–H and O–H groups in total. The first-order chi connectivity index (χ1) is 12.3. The lowest BCUT2D eigenvalue weighted by Gasteiger charge is -2.11. The van der Waals surface area contributed by atoms with E-state index < -0.39 is 10.0 Å². The molecule has 2 aromatic carbocycles. The topological polar surface area (TPSA) is 64.0 Å². The van der Waals surface area contributed by atoms with Crippen molar-refractivity contribution in [3.8, 4) is 0 Å². The van der Waals surface area contributed by atoms with Crippen LogP contribution >= 0.6 is 11.6 Å². The van der Waals surface area contributed by atoms with Crippen molar-refractivity contribution < 1.29 is 12.8 Å². The third-order valence-corrected chi connectivity index (χ3v) is 5.85. The van der Waals surface area contributed by atoms with Crippen molar-refractivity contribution in [1.29, 1.82) is 0 Å². The number of rotatable bonds is 5. The van der Waals surface area contributed by atoms with E-state index >= 15 is 0 Å². The molecule has 5 nitrogen and oxygen atoms in total. The fourth-order valence-corrected chi connectivity index (χ4v) is 4.12. The van der Waals surface area contributed by atoms with Gasteiger partial charge in [-0.15, -0.1) is 0 Å². The van der Waals surface area contributed by atoms with Gasteiger partial charge in [-0.05, 0) is 43.2 Å². The summed E-state index contributed by atoms with van der Waals surface area (Å²) in [4.78, 5) is 0.154. The third kappa shape index (κ3) is 3.89. The summed E-state index contributed by atoms with van der Waals surface area (Å²) in [5, 5.41) is 4.60. The second kappa shape index (κ2) is 7.09. The average Bonchev–Trinajstić information content (AvgIpc) is 2.99. The number of hydrogen-bond acceptors (Lipinski definition) is 3. The maximum absolute atomic E-state index is 13.7. The SMILES string of the molecule is Cc1cc(S(=O)(=O)Nc2cnn(Cc3ccccc3F)c2)c(C)cc1Cl.